The molecule has 2 rings (SSSR count). The minimum absolute atomic E-state index is 0.347. The smallest absolute Gasteiger partial charge is 0.469 e. The third-order valence-corrected chi connectivity index (χ3v) is 3.66. The van der Waals surface area contributed by atoms with Gasteiger partial charge in [0.1, 0.15) is 12.1 Å². The van der Waals surface area contributed by atoms with Crippen molar-refractivity contribution in [1.29, 1.82) is 0 Å². The SMILES string of the molecule is NC(COP(=O)(O)O)C(=O)O.NC(Cc1c[nH]c2ccccc12)C(=O)O. The largest absolute Gasteiger partial charge is 0.480 e. The summed E-state index contributed by atoms with van der Waals surface area (Å²) in [4.78, 5) is 39.8. The summed E-state index contributed by atoms with van der Waals surface area (Å²) in [6.45, 7) is -0.709. The number of benzene rings is 1. The van der Waals surface area contributed by atoms with E-state index in [1.165, 1.54) is 0 Å². The molecule has 0 aliphatic rings. The summed E-state index contributed by atoms with van der Waals surface area (Å²) in [5.74, 6) is -2.35. The van der Waals surface area contributed by atoms with E-state index in [1.807, 2.05) is 30.5 Å². The van der Waals surface area contributed by atoms with Gasteiger partial charge in [-0.25, -0.2) is 4.57 Å². The van der Waals surface area contributed by atoms with Crippen LogP contribution in [0.25, 0.3) is 10.9 Å². The van der Waals surface area contributed by atoms with Crippen LogP contribution in [0.2, 0.25) is 0 Å². The molecule has 1 aromatic heterocycles. The predicted octanol–water partition coefficient (Wildman–Crippen LogP) is -0.370. The molecule has 0 aliphatic heterocycles. The Morgan fingerprint density at radius 1 is 1.12 bits per heavy atom. The van der Waals surface area contributed by atoms with Crippen LogP contribution in [-0.4, -0.2) is 55.6 Å². The fourth-order valence-electron chi connectivity index (χ4n) is 1.87. The number of carboxylic acids is 2. The lowest BCUT2D eigenvalue weighted by Crippen LogP contribution is -2.34. The van der Waals surface area contributed by atoms with Crippen LogP contribution >= 0.6 is 7.82 Å². The monoisotopic (exact) mass is 389 g/mol. The third kappa shape index (κ3) is 7.31. The number of carboxylic acid groups (broad SMARTS) is 2. The number of aromatic amines is 1. The molecule has 2 unspecified atom stereocenters. The number of para-hydroxylation sites is 1. The molecule has 1 heterocycles. The van der Waals surface area contributed by atoms with Crippen molar-refractivity contribution < 1.29 is 38.7 Å². The van der Waals surface area contributed by atoms with Crippen molar-refractivity contribution in [3.8, 4) is 0 Å². The quantitative estimate of drug-likeness (QED) is 0.305. The van der Waals surface area contributed by atoms with Crippen LogP contribution in [0.3, 0.4) is 0 Å². The second kappa shape index (κ2) is 9.43. The van der Waals surface area contributed by atoms with E-state index in [1.54, 1.807) is 0 Å². The fourth-order valence-corrected chi connectivity index (χ4v) is 2.23. The van der Waals surface area contributed by atoms with Crippen molar-refractivity contribution in [1.82, 2.24) is 4.98 Å². The summed E-state index contributed by atoms with van der Waals surface area (Å²) in [6, 6.07) is 5.50. The second-order valence-corrected chi connectivity index (χ2v) is 6.48. The number of hydrogen-bond acceptors (Lipinski definition) is 6. The van der Waals surface area contributed by atoms with E-state index in [0.717, 1.165) is 16.5 Å². The molecular weight excluding hydrogens is 369 g/mol. The van der Waals surface area contributed by atoms with Crippen molar-refractivity contribution in [3.63, 3.8) is 0 Å². The highest BCUT2D eigenvalue weighted by atomic mass is 31.2. The molecule has 1 aromatic carbocycles. The zero-order chi connectivity index (χ0) is 19.9. The van der Waals surface area contributed by atoms with Crippen molar-refractivity contribution in [2.24, 2.45) is 11.5 Å². The van der Waals surface area contributed by atoms with Gasteiger partial charge < -0.3 is 36.5 Å². The standard InChI is InChI=1S/C11H12N2O2.C3H8NO6P/c12-9(11(14)15)5-7-6-13-10-4-2-1-3-8(7)10;4-2(3(5)6)1-10-11(7,8)9/h1-4,6,9,13H,5,12H2,(H,14,15);2H,1,4H2,(H,5,6)(H2,7,8,9). The number of nitrogens with two attached hydrogens (primary N) is 2. The molecule has 144 valence electrons. The van der Waals surface area contributed by atoms with Gasteiger partial charge in [-0.3, -0.25) is 14.1 Å². The van der Waals surface area contributed by atoms with E-state index in [0.29, 0.717) is 6.42 Å². The summed E-state index contributed by atoms with van der Waals surface area (Å²) < 4.78 is 13.8. The molecule has 0 amide bonds. The Hall–Kier alpha value is -2.27. The number of aliphatic carboxylic acids is 2. The molecule has 0 fully saturated rings. The highest BCUT2D eigenvalue weighted by Gasteiger charge is 2.19. The molecule has 0 radical (unpaired) electrons. The number of aromatic nitrogens is 1. The summed E-state index contributed by atoms with van der Waals surface area (Å²) in [5.41, 5.74) is 12.3. The van der Waals surface area contributed by atoms with Gasteiger partial charge in [-0.05, 0) is 11.6 Å². The Morgan fingerprint density at radius 2 is 1.69 bits per heavy atom. The van der Waals surface area contributed by atoms with E-state index in [-0.39, 0.29) is 0 Å². The first-order valence-electron chi connectivity index (χ1n) is 7.23. The number of nitrogens with one attached hydrogen (secondary N) is 1. The van der Waals surface area contributed by atoms with Gasteiger partial charge in [-0.15, -0.1) is 0 Å². The molecule has 12 heteroatoms. The van der Waals surface area contributed by atoms with Crippen molar-refractivity contribution in [3.05, 3.63) is 36.0 Å². The first-order valence-corrected chi connectivity index (χ1v) is 8.76. The lowest BCUT2D eigenvalue weighted by Gasteiger charge is -2.07. The summed E-state index contributed by atoms with van der Waals surface area (Å²) in [7, 11) is -4.60. The zero-order valence-corrected chi connectivity index (χ0v) is 14.4. The number of hydrogen-bond donors (Lipinski definition) is 7. The van der Waals surface area contributed by atoms with Crippen molar-refractivity contribution >= 4 is 30.7 Å². The van der Waals surface area contributed by atoms with Crippen molar-refractivity contribution in [2.75, 3.05) is 6.61 Å². The molecule has 2 atom stereocenters. The van der Waals surface area contributed by atoms with E-state index in [2.05, 4.69) is 9.51 Å². The molecule has 26 heavy (non-hydrogen) atoms. The molecule has 0 bridgehead atoms. The number of carbonyl (C=O) groups is 2. The highest BCUT2D eigenvalue weighted by Crippen LogP contribution is 2.35. The third-order valence-electron chi connectivity index (χ3n) is 3.17. The molecule has 0 spiro atoms. The first-order chi connectivity index (χ1) is 12.0. The lowest BCUT2D eigenvalue weighted by molar-refractivity contribution is -0.139. The molecule has 2 aromatic rings. The van der Waals surface area contributed by atoms with Crippen LogP contribution in [-0.2, 0) is 25.1 Å². The number of phosphoric ester groups is 1. The Bertz CT molecular complexity index is 802. The van der Waals surface area contributed by atoms with E-state index < -0.39 is 38.5 Å². The molecule has 11 nitrogen and oxygen atoms in total. The Morgan fingerprint density at radius 3 is 2.23 bits per heavy atom. The average molecular weight is 389 g/mol. The zero-order valence-electron chi connectivity index (χ0n) is 13.5. The molecule has 9 N–H and O–H groups in total. The van der Waals surface area contributed by atoms with Gasteiger partial charge >= 0.3 is 19.8 Å². The van der Waals surface area contributed by atoms with Crippen LogP contribution < -0.4 is 11.5 Å². The summed E-state index contributed by atoms with van der Waals surface area (Å²) >= 11 is 0. The van der Waals surface area contributed by atoms with E-state index in [9.17, 15) is 14.2 Å². The second-order valence-electron chi connectivity index (χ2n) is 5.24. The van der Waals surface area contributed by atoms with Gasteiger partial charge in [-0.2, -0.15) is 0 Å². The number of rotatable bonds is 7. The van der Waals surface area contributed by atoms with Gasteiger partial charge in [0.25, 0.3) is 0 Å². The Balaban J connectivity index is 0.000000276. The normalized spacial score (nSPS) is 13.5. The first kappa shape index (κ1) is 21.8. The summed E-state index contributed by atoms with van der Waals surface area (Å²) in [6.07, 6.45) is 2.16. The van der Waals surface area contributed by atoms with Gasteiger partial charge in [0.2, 0.25) is 0 Å². The average Bonchev–Trinajstić information content (AvgIpc) is 2.95. The van der Waals surface area contributed by atoms with E-state index >= 15 is 0 Å². The van der Waals surface area contributed by atoms with Crippen LogP contribution in [0.1, 0.15) is 5.56 Å². The van der Waals surface area contributed by atoms with Crippen LogP contribution in [0.5, 0.6) is 0 Å². The van der Waals surface area contributed by atoms with Crippen molar-refractivity contribution in [2.45, 2.75) is 18.5 Å². The van der Waals surface area contributed by atoms with Crippen LogP contribution in [0, 0.1) is 0 Å². The van der Waals surface area contributed by atoms with Crippen LogP contribution in [0.15, 0.2) is 30.5 Å². The van der Waals surface area contributed by atoms with Gasteiger partial charge in [0.15, 0.2) is 0 Å². The van der Waals surface area contributed by atoms with Gasteiger partial charge in [0, 0.05) is 23.5 Å². The highest BCUT2D eigenvalue weighted by molar-refractivity contribution is 7.46. The number of phosphoric acid groups is 1. The maximum Gasteiger partial charge on any atom is 0.469 e. The molecule has 0 aliphatic carbocycles. The minimum atomic E-state index is -4.60. The molecular formula is C14H20N3O8P. The van der Waals surface area contributed by atoms with Gasteiger partial charge in [0.05, 0.1) is 6.61 Å². The minimum Gasteiger partial charge on any atom is -0.480 e. The maximum absolute atomic E-state index is 10.6. The Labute approximate surface area is 147 Å². The molecule has 0 saturated heterocycles. The maximum atomic E-state index is 10.6. The fraction of sp³-hybridized carbons (Fsp3) is 0.286. The predicted molar refractivity (Wildman–Crippen MR) is 91.2 cm³/mol. The van der Waals surface area contributed by atoms with Crippen LogP contribution in [0.4, 0.5) is 0 Å². The molecule has 0 saturated carbocycles. The topological polar surface area (TPSA) is 209 Å². The summed E-state index contributed by atoms with van der Waals surface area (Å²) in [5, 5.41) is 17.9. The number of H-pyrrole nitrogens is 1. The van der Waals surface area contributed by atoms with Gasteiger partial charge in [-0.1, -0.05) is 18.2 Å². The lowest BCUT2D eigenvalue weighted by atomic mass is 10.1. The Kier molecular flexibility index (Phi) is 7.90. The van der Waals surface area contributed by atoms with E-state index in [4.69, 9.17) is 31.5 Å². The number of fused-ring (bicyclic) bond motifs is 1.